The highest BCUT2D eigenvalue weighted by Crippen LogP contribution is 2.33. The molecule has 1 fully saturated rings. The SMILES string of the molecule is O=C=NC1CCCCN1S(=O)(=O)c1sccc1Br. The Morgan fingerprint density at radius 2 is 2.28 bits per heavy atom. The van der Waals surface area contributed by atoms with Gasteiger partial charge in [-0.1, -0.05) is 0 Å². The van der Waals surface area contributed by atoms with E-state index < -0.39 is 16.2 Å². The van der Waals surface area contributed by atoms with Gasteiger partial charge >= 0.3 is 0 Å². The molecule has 8 heteroatoms. The van der Waals surface area contributed by atoms with Crippen LogP contribution in [0.5, 0.6) is 0 Å². The fourth-order valence-electron chi connectivity index (χ4n) is 1.93. The lowest BCUT2D eigenvalue weighted by atomic mass is 10.1. The van der Waals surface area contributed by atoms with Crippen LogP contribution in [-0.4, -0.2) is 31.5 Å². The molecule has 1 unspecified atom stereocenters. The van der Waals surface area contributed by atoms with E-state index in [-0.39, 0.29) is 4.21 Å². The van der Waals surface area contributed by atoms with E-state index in [1.807, 2.05) is 0 Å². The zero-order valence-corrected chi connectivity index (χ0v) is 12.6. The summed E-state index contributed by atoms with van der Waals surface area (Å²) in [5, 5.41) is 1.71. The number of carbonyl (C=O) groups excluding carboxylic acids is 1. The van der Waals surface area contributed by atoms with Crippen molar-refractivity contribution < 1.29 is 13.2 Å². The highest BCUT2D eigenvalue weighted by molar-refractivity contribution is 9.10. The first-order chi connectivity index (χ1) is 8.57. The standard InChI is InChI=1S/C10H11BrN2O3S2/c11-8-4-6-17-10(8)18(15,16)13-5-2-1-3-9(13)12-7-14/h4,6,9H,1-3,5H2. The van der Waals surface area contributed by atoms with Crippen LogP contribution in [0.2, 0.25) is 0 Å². The fourth-order valence-corrected chi connectivity index (χ4v) is 5.95. The summed E-state index contributed by atoms with van der Waals surface area (Å²) < 4.78 is 27.0. The van der Waals surface area contributed by atoms with Crippen molar-refractivity contribution in [1.82, 2.24) is 4.31 Å². The highest BCUT2D eigenvalue weighted by atomic mass is 79.9. The smallest absolute Gasteiger partial charge is 0.211 e. The van der Waals surface area contributed by atoms with Crippen LogP contribution < -0.4 is 0 Å². The fraction of sp³-hybridized carbons (Fsp3) is 0.500. The quantitative estimate of drug-likeness (QED) is 0.620. The Morgan fingerprint density at radius 3 is 2.89 bits per heavy atom. The molecule has 0 spiro atoms. The van der Waals surface area contributed by atoms with E-state index in [1.165, 1.54) is 10.4 Å². The molecule has 1 aromatic heterocycles. The van der Waals surface area contributed by atoms with E-state index in [1.54, 1.807) is 11.4 Å². The van der Waals surface area contributed by atoms with Crippen molar-refractivity contribution in [1.29, 1.82) is 0 Å². The zero-order valence-electron chi connectivity index (χ0n) is 9.37. The van der Waals surface area contributed by atoms with E-state index in [4.69, 9.17) is 0 Å². The first-order valence-electron chi connectivity index (χ1n) is 5.39. The lowest BCUT2D eigenvalue weighted by molar-refractivity contribution is 0.260. The molecule has 1 aliphatic heterocycles. The normalized spacial score (nSPS) is 21.5. The van der Waals surface area contributed by atoms with Crippen molar-refractivity contribution in [2.24, 2.45) is 4.99 Å². The van der Waals surface area contributed by atoms with Crippen molar-refractivity contribution >= 4 is 43.4 Å². The second kappa shape index (κ2) is 5.63. The highest BCUT2D eigenvalue weighted by Gasteiger charge is 2.35. The summed E-state index contributed by atoms with van der Waals surface area (Å²) >= 11 is 4.38. The van der Waals surface area contributed by atoms with Crippen LogP contribution in [0.3, 0.4) is 0 Å². The Morgan fingerprint density at radius 1 is 1.50 bits per heavy atom. The summed E-state index contributed by atoms with van der Waals surface area (Å²) in [4.78, 5) is 14.0. The van der Waals surface area contributed by atoms with E-state index in [0.29, 0.717) is 17.4 Å². The first-order valence-corrected chi connectivity index (χ1v) is 8.50. The molecule has 18 heavy (non-hydrogen) atoms. The van der Waals surface area contributed by atoms with Crippen molar-refractivity contribution in [2.45, 2.75) is 29.6 Å². The molecule has 2 rings (SSSR count). The van der Waals surface area contributed by atoms with Crippen LogP contribution in [0.4, 0.5) is 0 Å². The number of isocyanates is 1. The van der Waals surface area contributed by atoms with Gasteiger partial charge in [0.25, 0.3) is 10.0 Å². The molecular weight excluding hydrogens is 340 g/mol. The van der Waals surface area contributed by atoms with E-state index >= 15 is 0 Å². The lowest BCUT2D eigenvalue weighted by Crippen LogP contribution is -2.42. The summed E-state index contributed by atoms with van der Waals surface area (Å²) in [6.07, 6.45) is 3.06. The average molecular weight is 351 g/mol. The number of rotatable bonds is 3. The van der Waals surface area contributed by atoms with Gasteiger partial charge in [-0.3, -0.25) is 0 Å². The molecule has 98 valence electrons. The van der Waals surface area contributed by atoms with Crippen LogP contribution in [0.1, 0.15) is 19.3 Å². The van der Waals surface area contributed by atoms with Crippen LogP contribution >= 0.6 is 27.3 Å². The second-order valence-corrected chi connectivity index (χ2v) is 7.72. The van der Waals surface area contributed by atoms with Gasteiger partial charge in [-0.2, -0.15) is 9.30 Å². The van der Waals surface area contributed by atoms with Crippen molar-refractivity contribution in [3.8, 4) is 0 Å². The number of sulfonamides is 1. The first kappa shape index (κ1) is 13.9. The molecular formula is C10H11BrN2O3S2. The zero-order chi connectivity index (χ0) is 13.2. The molecule has 5 nitrogen and oxygen atoms in total. The Hall–Kier alpha value is -0.530. The van der Waals surface area contributed by atoms with Crippen molar-refractivity contribution in [2.75, 3.05) is 6.54 Å². The molecule has 1 aliphatic rings. The summed E-state index contributed by atoms with van der Waals surface area (Å²) in [7, 11) is -3.59. The summed E-state index contributed by atoms with van der Waals surface area (Å²) in [6, 6.07) is 1.69. The number of nitrogens with zero attached hydrogens (tertiary/aromatic N) is 2. The van der Waals surface area contributed by atoms with Crippen LogP contribution in [0.15, 0.2) is 25.1 Å². The van der Waals surface area contributed by atoms with Gasteiger partial charge in [-0.25, -0.2) is 13.2 Å². The van der Waals surface area contributed by atoms with Crippen LogP contribution in [0.25, 0.3) is 0 Å². The van der Waals surface area contributed by atoms with Crippen LogP contribution in [-0.2, 0) is 14.8 Å². The molecule has 2 heterocycles. The number of thiophene rings is 1. The van der Waals surface area contributed by atoms with E-state index in [2.05, 4.69) is 20.9 Å². The number of halogens is 1. The minimum absolute atomic E-state index is 0.260. The maximum absolute atomic E-state index is 12.5. The summed E-state index contributed by atoms with van der Waals surface area (Å²) in [6.45, 7) is 0.391. The summed E-state index contributed by atoms with van der Waals surface area (Å²) in [5.74, 6) is 0. The van der Waals surface area contributed by atoms with E-state index in [9.17, 15) is 13.2 Å². The molecule has 0 N–H and O–H groups in total. The third-order valence-electron chi connectivity index (χ3n) is 2.75. The number of hydrogen-bond donors (Lipinski definition) is 0. The van der Waals surface area contributed by atoms with Gasteiger partial charge in [-0.05, 0) is 46.6 Å². The van der Waals surface area contributed by atoms with Gasteiger partial charge in [0.1, 0.15) is 10.4 Å². The lowest BCUT2D eigenvalue weighted by Gasteiger charge is -2.30. The molecule has 0 aliphatic carbocycles. The molecule has 0 bridgehead atoms. The Bertz CT molecular complexity index is 578. The van der Waals surface area contributed by atoms with Gasteiger partial charge in [0.05, 0.1) is 0 Å². The van der Waals surface area contributed by atoms with Crippen molar-refractivity contribution in [3.63, 3.8) is 0 Å². The van der Waals surface area contributed by atoms with Crippen molar-refractivity contribution in [3.05, 3.63) is 15.9 Å². The van der Waals surface area contributed by atoms with Gasteiger partial charge < -0.3 is 0 Å². The average Bonchev–Trinajstić information content (AvgIpc) is 2.77. The molecule has 1 atom stereocenters. The minimum Gasteiger partial charge on any atom is -0.211 e. The number of aliphatic imine (C=N–C) groups is 1. The number of piperidine rings is 1. The van der Waals surface area contributed by atoms with Gasteiger partial charge in [0.2, 0.25) is 6.08 Å². The summed E-state index contributed by atoms with van der Waals surface area (Å²) in [5.41, 5.74) is 0. The Labute approximate surface area is 118 Å². The van der Waals surface area contributed by atoms with Gasteiger partial charge in [0, 0.05) is 11.0 Å². The largest absolute Gasteiger partial charge is 0.255 e. The monoisotopic (exact) mass is 350 g/mol. The predicted octanol–water partition coefficient (Wildman–Crippen LogP) is 2.35. The molecule has 1 aromatic rings. The maximum atomic E-state index is 12.5. The Balaban J connectivity index is 2.39. The molecule has 0 saturated carbocycles. The van der Waals surface area contributed by atoms with E-state index in [0.717, 1.165) is 24.2 Å². The molecule has 0 radical (unpaired) electrons. The van der Waals surface area contributed by atoms with Gasteiger partial charge in [-0.15, -0.1) is 11.3 Å². The Kier molecular flexibility index (Phi) is 4.34. The van der Waals surface area contributed by atoms with Crippen LogP contribution in [0, 0.1) is 0 Å². The predicted molar refractivity (Wildman–Crippen MR) is 71.7 cm³/mol. The molecule has 0 amide bonds. The molecule has 1 saturated heterocycles. The topological polar surface area (TPSA) is 66.8 Å². The number of hydrogen-bond acceptors (Lipinski definition) is 5. The third-order valence-corrected chi connectivity index (χ3v) is 7.30. The molecule has 0 aromatic carbocycles. The second-order valence-electron chi connectivity index (χ2n) is 3.87. The van der Waals surface area contributed by atoms with Gasteiger partial charge in [0.15, 0.2) is 0 Å². The third kappa shape index (κ3) is 2.57. The maximum Gasteiger partial charge on any atom is 0.255 e. The minimum atomic E-state index is -3.59.